The number of halogens is 1. The second kappa shape index (κ2) is 7.57. The molecule has 25 heavy (non-hydrogen) atoms. The lowest BCUT2D eigenvalue weighted by Crippen LogP contribution is -2.25. The second-order valence-corrected chi connectivity index (χ2v) is 6.46. The molecule has 3 rings (SSSR count). The summed E-state index contributed by atoms with van der Waals surface area (Å²) in [5.74, 6) is 0.171. The summed E-state index contributed by atoms with van der Waals surface area (Å²) in [5.41, 5.74) is 3.44. The molecule has 0 spiro atoms. The van der Waals surface area contributed by atoms with E-state index < -0.39 is 0 Å². The summed E-state index contributed by atoms with van der Waals surface area (Å²) in [5, 5.41) is 5.84. The van der Waals surface area contributed by atoms with Crippen molar-refractivity contribution >= 4 is 34.8 Å². The Morgan fingerprint density at radius 1 is 1.28 bits per heavy atom. The van der Waals surface area contributed by atoms with Crippen LogP contribution in [0.3, 0.4) is 0 Å². The average molecular weight is 359 g/mol. The molecule has 2 aromatic carbocycles. The SMILES string of the molecule is Cc1ccc(CCCC(=O)Nc2cc3c(cc2Cl)NC(=O)CO3)cc1. The van der Waals surface area contributed by atoms with Crippen molar-refractivity contribution in [1.82, 2.24) is 0 Å². The molecule has 0 unspecified atom stereocenters. The lowest BCUT2D eigenvalue weighted by molar-refractivity contribution is -0.118. The maximum atomic E-state index is 12.1. The maximum absolute atomic E-state index is 12.1. The molecule has 0 saturated carbocycles. The van der Waals surface area contributed by atoms with Crippen LogP contribution in [0, 0.1) is 6.92 Å². The van der Waals surface area contributed by atoms with Crippen molar-refractivity contribution in [3.8, 4) is 5.75 Å². The maximum Gasteiger partial charge on any atom is 0.262 e. The van der Waals surface area contributed by atoms with Crippen molar-refractivity contribution in [3.05, 3.63) is 52.5 Å². The van der Waals surface area contributed by atoms with Crippen LogP contribution in [0.5, 0.6) is 5.75 Å². The Balaban J connectivity index is 1.56. The number of amides is 2. The predicted octanol–water partition coefficient (Wildman–Crippen LogP) is 3.94. The van der Waals surface area contributed by atoms with Crippen molar-refractivity contribution in [2.75, 3.05) is 17.2 Å². The van der Waals surface area contributed by atoms with Crippen LogP contribution in [0.2, 0.25) is 5.02 Å². The van der Waals surface area contributed by atoms with Gasteiger partial charge in [0.2, 0.25) is 5.91 Å². The first-order valence-corrected chi connectivity index (χ1v) is 8.50. The van der Waals surface area contributed by atoms with Crippen LogP contribution in [0.4, 0.5) is 11.4 Å². The van der Waals surface area contributed by atoms with E-state index in [2.05, 4.69) is 41.8 Å². The van der Waals surface area contributed by atoms with Crippen molar-refractivity contribution in [2.45, 2.75) is 26.2 Å². The molecule has 0 bridgehead atoms. The van der Waals surface area contributed by atoms with Crippen LogP contribution in [0.25, 0.3) is 0 Å². The highest BCUT2D eigenvalue weighted by Crippen LogP contribution is 2.36. The molecule has 1 aliphatic heterocycles. The zero-order valence-corrected chi connectivity index (χ0v) is 14.7. The summed E-state index contributed by atoms with van der Waals surface area (Å²) in [6.07, 6.45) is 2.00. The molecule has 0 saturated heterocycles. The van der Waals surface area contributed by atoms with Gasteiger partial charge in [0.1, 0.15) is 5.75 Å². The van der Waals surface area contributed by atoms with E-state index in [1.54, 1.807) is 12.1 Å². The van der Waals surface area contributed by atoms with E-state index in [-0.39, 0.29) is 18.4 Å². The third kappa shape index (κ3) is 4.51. The highest BCUT2D eigenvalue weighted by molar-refractivity contribution is 6.34. The van der Waals surface area contributed by atoms with Gasteiger partial charge in [0.05, 0.1) is 16.4 Å². The quantitative estimate of drug-likeness (QED) is 0.850. The molecule has 2 N–H and O–H groups in total. The van der Waals surface area contributed by atoms with E-state index in [9.17, 15) is 9.59 Å². The highest BCUT2D eigenvalue weighted by atomic mass is 35.5. The molecule has 0 atom stereocenters. The van der Waals surface area contributed by atoms with Gasteiger partial charge in [-0.1, -0.05) is 41.4 Å². The molecule has 0 aromatic heterocycles. The molecule has 6 heteroatoms. The largest absolute Gasteiger partial charge is 0.482 e. The molecular weight excluding hydrogens is 340 g/mol. The molecule has 0 aliphatic carbocycles. The van der Waals surface area contributed by atoms with E-state index in [4.69, 9.17) is 16.3 Å². The Hall–Kier alpha value is -2.53. The molecule has 1 aliphatic rings. The molecule has 0 fully saturated rings. The number of hydrogen-bond acceptors (Lipinski definition) is 3. The molecule has 2 aromatic rings. The lowest BCUT2D eigenvalue weighted by Gasteiger charge is -2.19. The normalized spacial score (nSPS) is 12.8. The number of hydrogen-bond donors (Lipinski definition) is 2. The van der Waals surface area contributed by atoms with Crippen molar-refractivity contribution in [3.63, 3.8) is 0 Å². The van der Waals surface area contributed by atoms with Crippen LogP contribution in [0.1, 0.15) is 24.0 Å². The van der Waals surface area contributed by atoms with E-state index in [1.165, 1.54) is 11.1 Å². The van der Waals surface area contributed by atoms with E-state index in [0.717, 1.165) is 12.8 Å². The summed E-state index contributed by atoms with van der Waals surface area (Å²) >= 11 is 6.18. The van der Waals surface area contributed by atoms with Gasteiger partial charge in [-0.05, 0) is 31.4 Å². The minimum atomic E-state index is -0.226. The molecule has 0 radical (unpaired) electrons. The van der Waals surface area contributed by atoms with Crippen LogP contribution < -0.4 is 15.4 Å². The number of anilines is 2. The summed E-state index contributed by atoms with van der Waals surface area (Å²) in [6.45, 7) is 2.01. The van der Waals surface area contributed by atoms with Crippen LogP contribution in [-0.4, -0.2) is 18.4 Å². The summed E-state index contributed by atoms with van der Waals surface area (Å²) in [4.78, 5) is 23.5. The Morgan fingerprint density at radius 3 is 2.80 bits per heavy atom. The fourth-order valence-electron chi connectivity index (χ4n) is 2.62. The fraction of sp³-hybridized carbons (Fsp3) is 0.263. The van der Waals surface area contributed by atoms with Gasteiger partial charge in [-0.2, -0.15) is 0 Å². The zero-order chi connectivity index (χ0) is 17.8. The smallest absolute Gasteiger partial charge is 0.262 e. The number of carbonyl (C=O) groups is 2. The van der Waals surface area contributed by atoms with Gasteiger partial charge in [0.15, 0.2) is 6.61 Å². The van der Waals surface area contributed by atoms with E-state index >= 15 is 0 Å². The number of fused-ring (bicyclic) bond motifs is 1. The molecule has 130 valence electrons. The predicted molar refractivity (Wildman–Crippen MR) is 98.3 cm³/mol. The monoisotopic (exact) mass is 358 g/mol. The van der Waals surface area contributed by atoms with Gasteiger partial charge < -0.3 is 15.4 Å². The first-order valence-electron chi connectivity index (χ1n) is 8.13. The number of nitrogens with one attached hydrogen (secondary N) is 2. The van der Waals surface area contributed by atoms with Crippen molar-refractivity contribution in [2.24, 2.45) is 0 Å². The molecule has 2 amide bonds. The topological polar surface area (TPSA) is 67.4 Å². The first kappa shape index (κ1) is 17.3. The van der Waals surface area contributed by atoms with Crippen LogP contribution in [0.15, 0.2) is 36.4 Å². The summed E-state index contributed by atoms with van der Waals surface area (Å²) in [7, 11) is 0. The average Bonchev–Trinajstić information content (AvgIpc) is 2.57. The zero-order valence-electron chi connectivity index (χ0n) is 13.9. The van der Waals surface area contributed by atoms with Crippen molar-refractivity contribution in [1.29, 1.82) is 0 Å². The minimum Gasteiger partial charge on any atom is -0.482 e. The van der Waals surface area contributed by atoms with E-state index in [0.29, 0.717) is 28.6 Å². The van der Waals surface area contributed by atoms with Gasteiger partial charge in [0.25, 0.3) is 5.91 Å². The second-order valence-electron chi connectivity index (χ2n) is 6.05. The number of aryl methyl sites for hydroxylation is 2. The Bertz CT molecular complexity index is 803. The third-order valence-corrected chi connectivity index (χ3v) is 4.28. The standard InChI is InChI=1S/C19H19ClN2O3/c1-12-5-7-13(8-6-12)3-2-4-18(23)21-15-10-17-16(9-14(15)20)22-19(24)11-25-17/h5-10H,2-4,11H2,1H3,(H,21,23)(H,22,24). The third-order valence-electron chi connectivity index (χ3n) is 3.97. The highest BCUT2D eigenvalue weighted by Gasteiger charge is 2.18. The summed E-state index contributed by atoms with van der Waals surface area (Å²) < 4.78 is 5.34. The molecule has 5 nitrogen and oxygen atoms in total. The van der Waals surface area contributed by atoms with E-state index in [1.807, 2.05) is 0 Å². The van der Waals surface area contributed by atoms with Gasteiger partial charge >= 0.3 is 0 Å². The molecule has 1 heterocycles. The Morgan fingerprint density at radius 2 is 2.04 bits per heavy atom. The number of benzene rings is 2. The van der Waals surface area contributed by atoms with Crippen LogP contribution >= 0.6 is 11.6 Å². The Labute approximate surface area is 151 Å². The molecular formula is C19H19ClN2O3. The number of rotatable bonds is 5. The van der Waals surface area contributed by atoms with Crippen molar-refractivity contribution < 1.29 is 14.3 Å². The van der Waals surface area contributed by atoms with Gasteiger partial charge in [0, 0.05) is 12.5 Å². The minimum absolute atomic E-state index is 0.0431. The lowest BCUT2D eigenvalue weighted by atomic mass is 10.1. The van der Waals surface area contributed by atoms with Gasteiger partial charge in [-0.15, -0.1) is 0 Å². The van der Waals surface area contributed by atoms with Gasteiger partial charge in [-0.3, -0.25) is 9.59 Å². The van der Waals surface area contributed by atoms with Gasteiger partial charge in [-0.25, -0.2) is 0 Å². The van der Waals surface area contributed by atoms with Crippen LogP contribution in [-0.2, 0) is 16.0 Å². The fourth-order valence-corrected chi connectivity index (χ4v) is 2.83. The number of carbonyl (C=O) groups excluding carboxylic acids is 2. The Kier molecular flexibility index (Phi) is 5.24. The summed E-state index contributed by atoms with van der Waals surface area (Å²) in [6, 6.07) is 11.5. The number of ether oxygens (including phenoxy) is 1. The first-order chi connectivity index (χ1) is 12.0.